The quantitative estimate of drug-likeness (QED) is 0.0359. The molecule has 6 aromatic heterocycles. The molecule has 0 spiro atoms. The number of hydrogen-bond acceptors (Lipinski definition) is 5. The first-order chi connectivity index (χ1) is 38.8. The Morgan fingerprint density at radius 3 is 1.33 bits per heavy atom. The molecule has 2 aromatic carbocycles. The van der Waals surface area contributed by atoms with Crippen LogP contribution in [0, 0.1) is 18.8 Å². The van der Waals surface area contributed by atoms with Crippen LogP contribution in [0.25, 0.3) is 64.5 Å². The van der Waals surface area contributed by atoms with E-state index in [0.29, 0.717) is 29.6 Å². The highest BCUT2D eigenvalue weighted by atomic mass is 32.1. The van der Waals surface area contributed by atoms with Gasteiger partial charge in [0.25, 0.3) is 11.1 Å². The summed E-state index contributed by atoms with van der Waals surface area (Å²) < 4.78 is 10.9. The van der Waals surface area contributed by atoms with Gasteiger partial charge in [-0.3, -0.25) is 18.4 Å². The Morgan fingerprint density at radius 2 is 0.873 bits per heavy atom. The zero-order chi connectivity index (χ0) is 55.3. The first-order valence-electron chi connectivity index (χ1n) is 32.8. The van der Waals surface area contributed by atoms with Crippen molar-refractivity contribution in [2.45, 2.75) is 266 Å². The second kappa shape index (κ2) is 31.9. The average Bonchev–Trinajstić information content (AvgIpc) is 2.51. The van der Waals surface area contributed by atoms with Gasteiger partial charge in [-0.1, -0.05) is 233 Å². The van der Waals surface area contributed by atoms with Crippen molar-refractivity contribution in [3.05, 3.63) is 96.7 Å². The van der Waals surface area contributed by atoms with Crippen LogP contribution in [0.3, 0.4) is 0 Å². The predicted molar refractivity (Wildman–Crippen MR) is 348 cm³/mol. The molecule has 0 amide bonds. The van der Waals surface area contributed by atoms with Crippen molar-refractivity contribution < 1.29 is 4.74 Å². The Hall–Kier alpha value is -4.20. The highest BCUT2D eigenvalue weighted by Gasteiger charge is 2.31. The van der Waals surface area contributed by atoms with Crippen molar-refractivity contribution in [3.8, 4) is 26.6 Å². The predicted octanol–water partition coefficient (Wildman–Crippen LogP) is 22.7. The van der Waals surface area contributed by atoms with Crippen molar-refractivity contribution in [2.24, 2.45) is 11.8 Å². The summed E-state index contributed by atoms with van der Waals surface area (Å²) in [6, 6.07) is 21.8. The minimum atomic E-state index is -0.0124. The Kier molecular flexibility index (Phi) is 24.6. The fourth-order valence-electron chi connectivity index (χ4n) is 13.3. The maximum atomic E-state index is 15.9. The van der Waals surface area contributed by atoms with Crippen LogP contribution in [0.4, 0.5) is 0 Å². The van der Waals surface area contributed by atoms with Crippen LogP contribution < -0.4 is 15.9 Å². The van der Waals surface area contributed by atoms with Gasteiger partial charge in [0, 0.05) is 41.1 Å². The van der Waals surface area contributed by atoms with E-state index in [1.807, 2.05) is 8.80 Å². The van der Waals surface area contributed by atoms with Gasteiger partial charge >= 0.3 is 0 Å². The lowest BCUT2D eigenvalue weighted by Crippen LogP contribution is -2.19. The summed E-state index contributed by atoms with van der Waals surface area (Å²) in [5.74, 6) is 2.04. The lowest BCUT2D eigenvalue weighted by atomic mass is 9.89. The maximum Gasteiger partial charge on any atom is 0.265 e. The minimum absolute atomic E-state index is 0.00818. The number of fused-ring (bicyclic) bond motifs is 6. The third-order valence-electron chi connectivity index (χ3n) is 18.0. The first kappa shape index (κ1) is 60.9. The van der Waals surface area contributed by atoms with Crippen LogP contribution in [0.1, 0.15) is 262 Å². The normalized spacial score (nSPS) is 13.0. The smallest absolute Gasteiger partial charge is 0.265 e. The van der Waals surface area contributed by atoms with Gasteiger partial charge in [-0.05, 0) is 111 Å². The van der Waals surface area contributed by atoms with E-state index in [1.165, 1.54) is 227 Å². The molecule has 6 heterocycles. The lowest BCUT2D eigenvalue weighted by molar-refractivity contribution is 0.224. The number of benzene rings is 2. The molecule has 0 fully saturated rings. The summed E-state index contributed by atoms with van der Waals surface area (Å²) in [6.07, 6.45) is 45.5. The molecule has 7 heteroatoms. The molecule has 0 radical (unpaired) electrons. The highest BCUT2D eigenvalue weighted by molar-refractivity contribution is 7.16. The van der Waals surface area contributed by atoms with Gasteiger partial charge in [-0.25, -0.2) is 0 Å². The van der Waals surface area contributed by atoms with Crippen LogP contribution in [0.15, 0.2) is 70.3 Å². The molecular formula is C72H102N2O3S2. The van der Waals surface area contributed by atoms with Crippen molar-refractivity contribution in [1.82, 2.24) is 8.80 Å². The summed E-state index contributed by atoms with van der Waals surface area (Å²) >= 11 is 3.39. The number of ether oxygens (including phenoxy) is 1. The minimum Gasteiger partial charge on any atom is -0.493 e. The Balaban J connectivity index is 1.17. The van der Waals surface area contributed by atoms with Crippen LogP contribution in [-0.2, 0) is 12.8 Å². The summed E-state index contributed by atoms with van der Waals surface area (Å²) in [5.41, 5.74) is 6.13. The van der Waals surface area contributed by atoms with E-state index < -0.39 is 0 Å². The van der Waals surface area contributed by atoms with E-state index in [4.69, 9.17) is 4.74 Å². The summed E-state index contributed by atoms with van der Waals surface area (Å²) in [7, 11) is 0. The largest absolute Gasteiger partial charge is 0.493 e. The van der Waals surface area contributed by atoms with Crippen molar-refractivity contribution in [2.75, 3.05) is 6.61 Å². The fraction of sp³-hybridized carbons (Fsp3) is 0.611. The maximum absolute atomic E-state index is 15.9. The third-order valence-corrected chi connectivity index (χ3v) is 20.2. The monoisotopic (exact) mass is 1110 g/mol. The summed E-state index contributed by atoms with van der Waals surface area (Å²) in [6.45, 7) is 14.2. The molecular weight excluding hydrogens is 1000 g/mol. The Bertz CT molecular complexity index is 3160. The molecule has 0 aliphatic rings. The number of hydrogen-bond donors (Lipinski definition) is 0. The zero-order valence-corrected chi connectivity index (χ0v) is 52.0. The van der Waals surface area contributed by atoms with Crippen LogP contribution in [0.2, 0.25) is 0 Å². The topological polar surface area (TPSA) is 52.2 Å². The summed E-state index contributed by atoms with van der Waals surface area (Å²) in [5, 5.41) is 3.74. The molecule has 79 heavy (non-hydrogen) atoms. The van der Waals surface area contributed by atoms with Gasteiger partial charge in [-0.15, -0.1) is 22.7 Å². The fourth-order valence-corrected chi connectivity index (χ4v) is 15.2. The first-order valence-corrected chi connectivity index (χ1v) is 34.4. The van der Waals surface area contributed by atoms with E-state index in [1.54, 1.807) is 22.7 Å². The van der Waals surface area contributed by atoms with E-state index >= 15 is 9.59 Å². The number of nitrogens with zero attached hydrogens (tertiary/aromatic N) is 2. The number of aromatic nitrogens is 2. The molecule has 2 atom stereocenters. The van der Waals surface area contributed by atoms with Gasteiger partial charge in [0.05, 0.1) is 39.8 Å². The lowest BCUT2D eigenvalue weighted by Gasteiger charge is -2.18. The second-order valence-electron chi connectivity index (χ2n) is 24.3. The van der Waals surface area contributed by atoms with E-state index in [2.05, 4.69) is 102 Å². The Morgan fingerprint density at radius 1 is 0.443 bits per heavy atom. The standard InChI is InChI=1S/C72H102N2O3S2/c1-7-12-16-20-24-26-30-33-37-54(36-32-28-22-18-14-9-3)41-42-55-43-46-61-59(50-55)65-67(63-48-40-53(6)78-63)71(75)74-62-47-44-57(77-52-56(38-34-29-23-19-15-10-4)39-35-31-27-25-21-17-13-8-2)51-60(62)66-68(64-49-45-58(11-5)79-64)72(76)73(61)69(65)70(66)74/h40,43-51,54,56H,7-39,41-42,52H2,1-6H3. The van der Waals surface area contributed by atoms with E-state index in [9.17, 15) is 0 Å². The number of pyridine rings is 2. The van der Waals surface area contributed by atoms with Crippen LogP contribution in [0.5, 0.6) is 5.75 Å². The molecule has 0 aliphatic carbocycles. The number of unbranched alkanes of at least 4 members (excludes halogenated alkanes) is 24. The van der Waals surface area contributed by atoms with Gasteiger partial charge in [0.15, 0.2) is 0 Å². The molecule has 5 nitrogen and oxygen atoms in total. The van der Waals surface area contributed by atoms with Gasteiger partial charge in [0.1, 0.15) is 5.75 Å². The molecule has 8 aromatic rings. The van der Waals surface area contributed by atoms with Crippen LogP contribution in [-0.4, -0.2) is 15.4 Å². The van der Waals surface area contributed by atoms with Crippen molar-refractivity contribution >= 4 is 66.3 Å². The second-order valence-corrected chi connectivity index (χ2v) is 26.7. The summed E-state index contributed by atoms with van der Waals surface area (Å²) in [4.78, 5) is 36.1. The van der Waals surface area contributed by atoms with Crippen molar-refractivity contribution in [1.29, 1.82) is 0 Å². The molecule has 0 saturated heterocycles. The van der Waals surface area contributed by atoms with E-state index in [0.717, 1.165) is 72.0 Å². The highest BCUT2D eigenvalue weighted by Crippen LogP contribution is 2.46. The molecule has 0 N–H and O–H groups in total. The average molecular weight is 1110 g/mol. The SMILES string of the molecule is CCCCCCCCCCC(CCCCCCCC)CCc1ccc2c(c1)c1c(-c3ccc(C)s3)c(=O)n3c4ccc(OCC(CCCCCCCC)CCCCCCCCCC)cc4c4c(-c5ccc(CC)s5)c(=O)n2c1c43. The van der Waals surface area contributed by atoms with Gasteiger partial charge < -0.3 is 4.74 Å². The van der Waals surface area contributed by atoms with Crippen molar-refractivity contribution in [3.63, 3.8) is 0 Å². The zero-order valence-electron chi connectivity index (χ0n) is 50.3. The molecule has 2 unspecified atom stereocenters. The molecule has 430 valence electrons. The molecule has 0 bridgehead atoms. The third kappa shape index (κ3) is 15.7. The van der Waals surface area contributed by atoms with Crippen LogP contribution >= 0.6 is 22.7 Å². The molecule has 0 aliphatic heterocycles. The molecule has 0 saturated carbocycles. The Labute approximate surface area is 485 Å². The number of thiophene rings is 2. The van der Waals surface area contributed by atoms with Gasteiger partial charge in [-0.2, -0.15) is 0 Å². The van der Waals surface area contributed by atoms with E-state index in [-0.39, 0.29) is 11.1 Å². The number of rotatable bonds is 41. The molecule has 8 rings (SSSR count). The van der Waals surface area contributed by atoms with Gasteiger partial charge in [0.2, 0.25) is 0 Å². The number of aryl methyl sites for hydroxylation is 3.